The quantitative estimate of drug-likeness (QED) is 0.630. The molecule has 0 saturated heterocycles. The van der Waals surface area contributed by atoms with Crippen LogP contribution in [0.25, 0.3) is 0 Å². The normalized spacial score (nSPS) is 28.9. The largest absolute Gasteiger partial charge is 0.388 e. The van der Waals surface area contributed by atoms with E-state index in [4.69, 9.17) is 5.73 Å². The van der Waals surface area contributed by atoms with E-state index in [9.17, 15) is 18.3 Å². The lowest BCUT2D eigenvalue weighted by Crippen LogP contribution is -2.49. The summed E-state index contributed by atoms with van der Waals surface area (Å²) in [5.74, 6) is 0.104. The van der Waals surface area contributed by atoms with Crippen LogP contribution in [0.3, 0.4) is 0 Å². The van der Waals surface area contributed by atoms with Gasteiger partial charge >= 0.3 is 0 Å². The number of rotatable bonds is 6. The highest BCUT2D eigenvalue weighted by atomic mass is 32.2. The fourth-order valence-corrected chi connectivity index (χ4v) is 3.01. The van der Waals surface area contributed by atoms with Gasteiger partial charge in [-0.1, -0.05) is 6.92 Å². The lowest BCUT2D eigenvalue weighted by Gasteiger charge is -2.35. The SMILES string of the molecule is CC1CCC(O)(CNC(=O)C(N)CCS(C)(=O)=O)CC1. The van der Waals surface area contributed by atoms with Gasteiger partial charge in [-0.25, -0.2) is 8.42 Å². The maximum atomic E-state index is 11.8. The number of aliphatic hydroxyl groups is 1. The Morgan fingerprint density at radius 2 is 2.00 bits per heavy atom. The maximum Gasteiger partial charge on any atom is 0.237 e. The summed E-state index contributed by atoms with van der Waals surface area (Å²) in [6.07, 6.45) is 4.46. The van der Waals surface area contributed by atoms with Crippen molar-refractivity contribution in [2.45, 2.75) is 50.7 Å². The monoisotopic (exact) mass is 306 g/mol. The first-order valence-electron chi connectivity index (χ1n) is 7.05. The summed E-state index contributed by atoms with van der Waals surface area (Å²) < 4.78 is 22.0. The molecule has 20 heavy (non-hydrogen) atoms. The Morgan fingerprint density at radius 3 is 2.50 bits per heavy atom. The van der Waals surface area contributed by atoms with Crippen molar-refractivity contribution in [3.05, 3.63) is 0 Å². The smallest absolute Gasteiger partial charge is 0.237 e. The van der Waals surface area contributed by atoms with E-state index in [0.717, 1.165) is 19.1 Å². The standard InChI is InChI=1S/C13H26N2O4S/c1-10-3-6-13(17,7-4-10)9-15-12(16)11(14)5-8-20(2,18)19/h10-11,17H,3-9,14H2,1-2H3,(H,15,16). The first-order valence-corrected chi connectivity index (χ1v) is 9.11. The number of nitrogens with one attached hydrogen (secondary N) is 1. The van der Waals surface area contributed by atoms with Gasteiger partial charge in [0.2, 0.25) is 5.91 Å². The van der Waals surface area contributed by atoms with Gasteiger partial charge < -0.3 is 16.2 Å². The molecule has 1 aliphatic rings. The second kappa shape index (κ2) is 6.87. The second-order valence-electron chi connectivity index (χ2n) is 6.15. The first kappa shape index (κ1) is 17.4. The van der Waals surface area contributed by atoms with Crippen LogP contribution in [0, 0.1) is 5.92 Å². The molecule has 1 fully saturated rings. The van der Waals surface area contributed by atoms with Gasteiger partial charge in [0.15, 0.2) is 0 Å². The highest BCUT2D eigenvalue weighted by molar-refractivity contribution is 7.90. The van der Waals surface area contributed by atoms with Crippen LogP contribution in [-0.2, 0) is 14.6 Å². The van der Waals surface area contributed by atoms with Crippen LogP contribution in [0.15, 0.2) is 0 Å². The number of carbonyl (C=O) groups excluding carboxylic acids is 1. The number of sulfone groups is 1. The third-order valence-electron chi connectivity index (χ3n) is 3.93. The fraction of sp³-hybridized carbons (Fsp3) is 0.923. The van der Waals surface area contributed by atoms with Crippen molar-refractivity contribution in [3.63, 3.8) is 0 Å². The van der Waals surface area contributed by atoms with E-state index in [-0.39, 0.29) is 18.7 Å². The van der Waals surface area contributed by atoms with E-state index in [1.165, 1.54) is 0 Å². The first-order chi connectivity index (χ1) is 9.11. The van der Waals surface area contributed by atoms with Crippen molar-refractivity contribution in [1.29, 1.82) is 0 Å². The second-order valence-corrected chi connectivity index (χ2v) is 8.41. The average Bonchev–Trinajstić information content (AvgIpc) is 2.36. The molecule has 0 aromatic heterocycles. The van der Waals surface area contributed by atoms with Crippen LogP contribution in [0.5, 0.6) is 0 Å². The Labute approximate surface area is 121 Å². The van der Waals surface area contributed by atoms with Crippen LogP contribution in [0.1, 0.15) is 39.0 Å². The van der Waals surface area contributed by atoms with Crippen molar-refractivity contribution < 1.29 is 18.3 Å². The van der Waals surface area contributed by atoms with E-state index < -0.39 is 27.4 Å². The maximum absolute atomic E-state index is 11.8. The van der Waals surface area contributed by atoms with Crippen molar-refractivity contribution in [3.8, 4) is 0 Å². The van der Waals surface area contributed by atoms with Crippen LogP contribution in [0.2, 0.25) is 0 Å². The summed E-state index contributed by atoms with van der Waals surface area (Å²) in [4.78, 5) is 11.8. The Bertz CT molecular complexity index is 428. The van der Waals surface area contributed by atoms with Crippen molar-refractivity contribution in [1.82, 2.24) is 5.32 Å². The third kappa shape index (κ3) is 6.19. The van der Waals surface area contributed by atoms with E-state index in [1.54, 1.807) is 0 Å². The molecule has 4 N–H and O–H groups in total. The summed E-state index contributed by atoms with van der Waals surface area (Å²) in [5, 5.41) is 13.0. The molecule has 0 spiro atoms. The number of hydrogen-bond donors (Lipinski definition) is 3. The Balaban J connectivity index is 2.35. The van der Waals surface area contributed by atoms with Gasteiger partial charge in [0.05, 0.1) is 17.4 Å². The van der Waals surface area contributed by atoms with Gasteiger partial charge in [-0.2, -0.15) is 0 Å². The lowest BCUT2D eigenvalue weighted by atomic mass is 9.79. The summed E-state index contributed by atoms with van der Waals surface area (Å²) in [7, 11) is -3.12. The average molecular weight is 306 g/mol. The predicted octanol–water partition coefficient (Wildman–Crippen LogP) is -0.194. The van der Waals surface area contributed by atoms with Crippen LogP contribution >= 0.6 is 0 Å². The van der Waals surface area contributed by atoms with Crippen LogP contribution in [0.4, 0.5) is 0 Å². The summed E-state index contributed by atoms with van der Waals surface area (Å²) >= 11 is 0. The molecule has 1 atom stereocenters. The van der Waals surface area contributed by atoms with Gasteiger partial charge in [0, 0.05) is 12.8 Å². The molecular weight excluding hydrogens is 280 g/mol. The molecule has 0 aliphatic heterocycles. The molecule has 0 heterocycles. The molecule has 0 aromatic carbocycles. The molecule has 0 bridgehead atoms. The van der Waals surface area contributed by atoms with Crippen LogP contribution < -0.4 is 11.1 Å². The third-order valence-corrected chi connectivity index (χ3v) is 4.91. The zero-order chi connectivity index (χ0) is 15.4. The molecular formula is C13H26N2O4S. The van der Waals surface area contributed by atoms with E-state index >= 15 is 0 Å². The molecule has 6 nitrogen and oxygen atoms in total. The molecule has 1 amide bonds. The van der Waals surface area contributed by atoms with E-state index in [1.807, 2.05) is 0 Å². The van der Waals surface area contributed by atoms with E-state index in [0.29, 0.717) is 18.8 Å². The molecule has 118 valence electrons. The number of carbonyl (C=O) groups is 1. The number of hydrogen-bond acceptors (Lipinski definition) is 5. The molecule has 1 aliphatic carbocycles. The highest BCUT2D eigenvalue weighted by Crippen LogP contribution is 2.31. The van der Waals surface area contributed by atoms with Gasteiger partial charge in [0.1, 0.15) is 9.84 Å². The molecule has 1 saturated carbocycles. The van der Waals surface area contributed by atoms with Gasteiger partial charge in [-0.15, -0.1) is 0 Å². The van der Waals surface area contributed by atoms with Crippen molar-refractivity contribution >= 4 is 15.7 Å². The summed E-state index contributed by atoms with van der Waals surface area (Å²) in [5.41, 5.74) is 4.80. The molecule has 1 rings (SSSR count). The summed E-state index contributed by atoms with van der Waals surface area (Å²) in [6.45, 7) is 2.34. The van der Waals surface area contributed by atoms with Crippen LogP contribution in [-0.4, -0.2) is 49.6 Å². The van der Waals surface area contributed by atoms with Gasteiger partial charge in [-0.3, -0.25) is 4.79 Å². The molecule has 0 radical (unpaired) electrons. The van der Waals surface area contributed by atoms with Crippen molar-refractivity contribution in [2.75, 3.05) is 18.6 Å². The number of nitrogens with two attached hydrogens (primary N) is 1. The predicted molar refractivity (Wildman–Crippen MR) is 77.9 cm³/mol. The van der Waals surface area contributed by atoms with Gasteiger partial charge in [0.25, 0.3) is 0 Å². The molecule has 1 unspecified atom stereocenters. The minimum absolute atomic E-state index is 0.0974. The molecule has 0 aromatic rings. The lowest BCUT2D eigenvalue weighted by molar-refractivity contribution is -0.124. The topological polar surface area (TPSA) is 109 Å². The Hall–Kier alpha value is -0.660. The van der Waals surface area contributed by atoms with Gasteiger partial charge in [-0.05, 0) is 38.0 Å². The summed E-state index contributed by atoms with van der Waals surface area (Å²) in [6, 6.07) is -0.851. The Morgan fingerprint density at radius 1 is 1.45 bits per heavy atom. The minimum atomic E-state index is -3.12. The van der Waals surface area contributed by atoms with E-state index in [2.05, 4.69) is 12.2 Å². The number of amides is 1. The fourth-order valence-electron chi connectivity index (χ4n) is 2.33. The van der Waals surface area contributed by atoms with Crippen molar-refractivity contribution in [2.24, 2.45) is 11.7 Å². The Kier molecular flexibility index (Phi) is 5.97. The molecule has 7 heteroatoms. The zero-order valence-corrected chi connectivity index (χ0v) is 13.1. The highest BCUT2D eigenvalue weighted by Gasteiger charge is 2.32. The minimum Gasteiger partial charge on any atom is -0.388 e. The zero-order valence-electron chi connectivity index (χ0n) is 12.3.